The molecule has 1 aromatic carbocycles. The van der Waals surface area contributed by atoms with E-state index in [1.54, 1.807) is 37.3 Å². The van der Waals surface area contributed by atoms with Crippen molar-refractivity contribution in [1.82, 2.24) is 0 Å². The third-order valence-electron chi connectivity index (χ3n) is 1.77. The number of esters is 1. The highest BCUT2D eigenvalue weighted by atomic mass is 16.5. The van der Waals surface area contributed by atoms with Crippen molar-refractivity contribution in [2.75, 3.05) is 6.61 Å². The lowest BCUT2D eigenvalue weighted by molar-refractivity contribution is -0.137. The third kappa shape index (κ3) is 3.90. The van der Waals surface area contributed by atoms with Crippen LogP contribution in [-0.4, -0.2) is 18.7 Å². The van der Waals surface area contributed by atoms with Crippen molar-refractivity contribution in [3.8, 4) is 0 Å². The molecule has 0 fully saturated rings. The minimum Gasteiger partial charge on any atom is -0.463 e. The van der Waals surface area contributed by atoms with E-state index in [4.69, 9.17) is 4.74 Å². The molecule has 1 aromatic rings. The van der Waals surface area contributed by atoms with E-state index >= 15 is 0 Å². The van der Waals surface area contributed by atoms with Gasteiger partial charge in [-0.2, -0.15) is 4.99 Å². The molecule has 0 aliphatic carbocycles. The van der Waals surface area contributed by atoms with E-state index in [1.165, 1.54) is 12.2 Å². The van der Waals surface area contributed by atoms with Gasteiger partial charge in [0.1, 0.15) is 0 Å². The molecule has 0 atom stereocenters. The largest absolute Gasteiger partial charge is 0.463 e. The number of carbonyl (C=O) groups excluding carboxylic acids is 2. The minimum absolute atomic E-state index is 0.357. The quantitative estimate of drug-likeness (QED) is 0.336. The number of nitrogens with zero attached hydrogens (tertiary/aromatic N) is 1. The van der Waals surface area contributed by atoms with Gasteiger partial charge in [-0.15, -0.1) is 0 Å². The second-order valence-corrected chi connectivity index (χ2v) is 2.88. The molecule has 0 saturated heterocycles. The first-order valence-electron chi connectivity index (χ1n) is 4.79. The summed E-state index contributed by atoms with van der Waals surface area (Å²) in [6, 6.07) is 6.81. The summed E-state index contributed by atoms with van der Waals surface area (Å²) in [5.74, 6) is -0.377. The van der Waals surface area contributed by atoms with Crippen LogP contribution < -0.4 is 0 Å². The van der Waals surface area contributed by atoms with Crippen LogP contribution in [0.15, 0.2) is 35.3 Å². The number of hydrogen-bond donors (Lipinski definition) is 0. The van der Waals surface area contributed by atoms with Crippen LogP contribution in [-0.2, 0) is 14.3 Å². The Balaban J connectivity index is 2.68. The van der Waals surface area contributed by atoms with E-state index in [1.807, 2.05) is 0 Å². The van der Waals surface area contributed by atoms with Crippen molar-refractivity contribution in [1.29, 1.82) is 0 Å². The Kier molecular flexibility index (Phi) is 4.70. The molecule has 0 aromatic heterocycles. The summed E-state index contributed by atoms with van der Waals surface area (Å²) < 4.78 is 4.73. The first-order valence-corrected chi connectivity index (χ1v) is 4.79. The van der Waals surface area contributed by atoms with Gasteiger partial charge in [0.25, 0.3) is 0 Å². The highest BCUT2D eigenvalue weighted by Gasteiger charge is 1.94. The monoisotopic (exact) mass is 217 g/mol. The highest BCUT2D eigenvalue weighted by molar-refractivity contribution is 5.87. The maximum atomic E-state index is 11.0. The minimum atomic E-state index is -0.377. The topological polar surface area (TPSA) is 55.7 Å². The molecule has 4 nitrogen and oxygen atoms in total. The summed E-state index contributed by atoms with van der Waals surface area (Å²) in [7, 11) is 0. The Hall–Kier alpha value is -2.19. The van der Waals surface area contributed by atoms with E-state index < -0.39 is 0 Å². The molecule has 0 radical (unpaired) electrons. The third-order valence-corrected chi connectivity index (χ3v) is 1.77. The van der Waals surface area contributed by atoms with Crippen LogP contribution in [0.4, 0.5) is 5.69 Å². The average Bonchev–Trinajstić information content (AvgIpc) is 2.29. The lowest BCUT2D eigenvalue weighted by Gasteiger charge is -1.95. The predicted octanol–water partition coefficient (Wildman–Crippen LogP) is 2.23. The summed E-state index contributed by atoms with van der Waals surface area (Å²) in [6.07, 6.45) is 4.43. The molecular formula is C12H11NO3. The van der Waals surface area contributed by atoms with Gasteiger partial charge in [0.05, 0.1) is 12.3 Å². The van der Waals surface area contributed by atoms with Crippen LogP contribution >= 0.6 is 0 Å². The molecule has 0 amide bonds. The summed E-state index contributed by atoms with van der Waals surface area (Å²) in [5, 5.41) is 0. The summed E-state index contributed by atoms with van der Waals surface area (Å²) in [6.45, 7) is 2.11. The number of hydrogen-bond acceptors (Lipinski definition) is 4. The molecule has 0 aliphatic rings. The Bertz CT molecular complexity index is 428. The van der Waals surface area contributed by atoms with E-state index in [9.17, 15) is 9.59 Å². The number of benzene rings is 1. The van der Waals surface area contributed by atoms with Gasteiger partial charge in [-0.05, 0) is 30.7 Å². The van der Waals surface area contributed by atoms with E-state index in [0.29, 0.717) is 12.3 Å². The van der Waals surface area contributed by atoms with Crippen molar-refractivity contribution in [3.63, 3.8) is 0 Å². The molecule has 16 heavy (non-hydrogen) atoms. The van der Waals surface area contributed by atoms with Crippen LogP contribution in [0.1, 0.15) is 12.5 Å². The van der Waals surface area contributed by atoms with Crippen molar-refractivity contribution in [2.45, 2.75) is 6.92 Å². The molecule has 0 N–H and O–H groups in total. The SMILES string of the molecule is CCOC(=O)C=Cc1ccc(N=C=O)cc1. The van der Waals surface area contributed by atoms with Crippen molar-refractivity contribution in [2.24, 2.45) is 4.99 Å². The van der Waals surface area contributed by atoms with E-state index in [0.717, 1.165) is 5.56 Å². The van der Waals surface area contributed by atoms with E-state index in [2.05, 4.69) is 4.99 Å². The fourth-order valence-corrected chi connectivity index (χ4v) is 1.07. The molecule has 0 bridgehead atoms. The van der Waals surface area contributed by atoms with Gasteiger partial charge in [-0.3, -0.25) is 0 Å². The Labute approximate surface area is 93.3 Å². The Morgan fingerprint density at radius 1 is 1.44 bits per heavy atom. The fourth-order valence-electron chi connectivity index (χ4n) is 1.07. The number of isocyanates is 1. The fraction of sp³-hybridized carbons (Fsp3) is 0.167. The standard InChI is InChI=1S/C12H11NO3/c1-2-16-12(15)8-5-10-3-6-11(7-4-10)13-9-14/h3-8H,2H2,1H3. The van der Waals surface area contributed by atoms with Gasteiger partial charge in [-0.25, -0.2) is 9.59 Å². The van der Waals surface area contributed by atoms with E-state index in [-0.39, 0.29) is 5.97 Å². The molecule has 0 unspecified atom stereocenters. The molecule has 0 heterocycles. The van der Waals surface area contributed by atoms with Crippen LogP contribution in [0, 0.1) is 0 Å². The Morgan fingerprint density at radius 2 is 2.12 bits per heavy atom. The molecule has 1 rings (SSSR count). The second kappa shape index (κ2) is 6.32. The summed E-state index contributed by atoms with van der Waals surface area (Å²) in [4.78, 5) is 24.4. The maximum Gasteiger partial charge on any atom is 0.330 e. The molecule has 0 saturated carbocycles. The number of aliphatic imine (C=N–C) groups is 1. The second-order valence-electron chi connectivity index (χ2n) is 2.88. The lowest BCUT2D eigenvalue weighted by atomic mass is 10.2. The van der Waals surface area contributed by atoms with Gasteiger partial charge in [0.15, 0.2) is 0 Å². The Morgan fingerprint density at radius 3 is 2.69 bits per heavy atom. The van der Waals surface area contributed by atoms with Gasteiger partial charge < -0.3 is 4.74 Å². The van der Waals surface area contributed by atoms with Crippen LogP contribution in [0.2, 0.25) is 0 Å². The number of carbonyl (C=O) groups is 1. The summed E-state index contributed by atoms with van der Waals surface area (Å²) in [5.41, 5.74) is 1.36. The summed E-state index contributed by atoms with van der Waals surface area (Å²) >= 11 is 0. The molecular weight excluding hydrogens is 206 g/mol. The zero-order valence-electron chi connectivity index (χ0n) is 8.84. The maximum absolute atomic E-state index is 11.0. The van der Waals surface area contributed by atoms with Crippen molar-refractivity contribution < 1.29 is 14.3 Å². The molecule has 4 heteroatoms. The first kappa shape index (κ1) is 11.9. The van der Waals surface area contributed by atoms with Gasteiger partial charge in [0.2, 0.25) is 6.08 Å². The van der Waals surface area contributed by atoms with Gasteiger partial charge in [-0.1, -0.05) is 12.1 Å². The average molecular weight is 217 g/mol. The zero-order valence-corrected chi connectivity index (χ0v) is 8.84. The molecule has 0 spiro atoms. The zero-order chi connectivity index (χ0) is 11.8. The number of rotatable bonds is 4. The van der Waals surface area contributed by atoms with Crippen LogP contribution in [0.3, 0.4) is 0 Å². The van der Waals surface area contributed by atoms with Crippen molar-refractivity contribution in [3.05, 3.63) is 35.9 Å². The van der Waals surface area contributed by atoms with Crippen LogP contribution in [0.25, 0.3) is 6.08 Å². The lowest BCUT2D eigenvalue weighted by Crippen LogP contribution is -1.98. The molecule has 0 aliphatic heterocycles. The number of ether oxygens (including phenoxy) is 1. The van der Waals surface area contributed by atoms with Gasteiger partial charge >= 0.3 is 5.97 Å². The highest BCUT2D eigenvalue weighted by Crippen LogP contribution is 2.12. The predicted molar refractivity (Wildman–Crippen MR) is 59.9 cm³/mol. The van der Waals surface area contributed by atoms with Crippen LogP contribution in [0.5, 0.6) is 0 Å². The smallest absolute Gasteiger partial charge is 0.330 e. The van der Waals surface area contributed by atoms with Crippen molar-refractivity contribution >= 4 is 23.8 Å². The molecule has 82 valence electrons. The first-order chi connectivity index (χ1) is 7.76. The van der Waals surface area contributed by atoms with Gasteiger partial charge in [0, 0.05) is 6.08 Å². The normalized spacial score (nSPS) is 9.81.